The molecule has 1 aliphatic carbocycles. The summed E-state index contributed by atoms with van der Waals surface area (Å²) in [5.74, 6) is 1.16. The molecule has 2 saturated heterocycles. The lowest BCUT2D eigenvalue weighted by molar-refractivity contribution is -0.121. The molecule has 180 valence electrons. The van der Waals surface area contributed by atoms with Gasteiger partial charge in [-0.15, -0.1) is 12.4 Å². The minimum Gasteiger partial charge on any atom is -0.457 e. The number of halogens is 1. The number of esters is 1. The van der Waals surface area contributed by atoms with Crippen molar-refractivity contribution < 1.29 is 23.5 Å². The Morgan fingerprint density at radius 2 is 1.88 bits per heavy atom. The average molecular weight is 476 g/mol. The molecule has 3 fully saturated rings. The van der Waals surface area contributed by atoms with Crippen molar-refractivity contribution in [3.63, 3.8) is 0 Å². The molecule has 1 aromatic carbocycles. The topological polar surface area (TPSA) is 77.8 Å². The van der Waals surface area contributed by atoms with Gasteiger partial charge < -0.3 is 19.2 Å². The van der Waals surface area contributed by atoms with Gasteiger partial charge in [-0.2, -0.15) is 0 Å². The average Bonchev–Trinajstić information content (AvgIpc) is 3.58. The molecule has 0 unspecified atom stereocenters. The third-order valence-electron chi connectivity index (χ3n) is 7.46. The first-order chi connectivity index (χ1) is 15.7. The van der Waals surface area contributed by atoms with Crippen molar-refractivity contribution in [2.75, 3.05) is 19.8 Å². The highest BCUT2D eigenvalue weighted by Gasteiger charge is 2.37. The van der Waals surface area contributed by atoms with Crippen LogP contribution < -0.4 is 5.32 Å². The first kappa shape index (κ1) is 24.2. The van der Waals surface area contributed by atoms with Crippen LogP contribution in [0.15, 0.2) is 28.7 Å². The molecular weight excluding hydrogens is 442 g/mol. The lowest BCUT2D eigenvalue weighted by atomic mass is 9.75. The third-order valence-corrected chi connectivity index (χ3v) is 7.46. The van der Waals surface area contributed by atoms with Crippen LogP contribution in [0, 0.1) is 11.8 Å². The summed E-state index contributed by atoms with van der Waals surface area (Å²) in [6.45, 7) is 1.92. The van der Waals surface area contributed by atoms with Crippen LogP contribution in [-0.4, -0.2) is 43.7 Å². The number of furan rings is 1. The van der Waals surface area contributed by atoms with Gasteiger partial charge in [0.1, 0.15) is 12.2 Å². The van der Waals surface area contributed by atoms with Crippen LogP contribution in [0.1, 0.15) is 67.5 Å². The van der Waals surface area contributed by atoms with E-state index >= 15 is 0 Å². The maximum Gasteiger partial charge on any atom is 0.374 e. The van der Waals surface area contributed by atoms with Gasteiger partial charge in [-0.25, -0.2) is 4.79 Å². The monoisotopic (exact) mass is 475 g/mol. The standard InChI is InChI=1S/C26H33NO5.ClH/c28-22(25-21(10-11-27-25)18-5-2-1-3-6-18)14-17-8-9-23-19(13-17)15-24(32-23)26(29)31-16-20-7-4-12-30-20;/h8-9,13,15,18,20-21,25,27H,1-7,10-12,14,16H2;1H/t20-,21-,25-;/m0./s1. The molecule has 1 saturated carbocycles. The molecule has 5 rings (SSSR count). The van der Waals surface area contributed by atoms with Crippen molar-refractivity contribution in [1.82, 2.24) is 5.32 Å². The van der Waals surface area contributed by atoms with Crippen LogP contribution in [0.2, 0.25) is 0 Å². The lowest BCUT2D eigenvalue weighted by Gasteiger charge is -2.30. The molecular formula is C26H34ClNO5. The summed E-state index contributed by atoms with van der Waals surface area (Å²) in [5.41, 5.74) is 1.59. The number of ether oxygens (including phenoxy) is 2. The predicted octanol–water partition coefficient (Wildman–Crippen LogP) is 4.86. The van der Waals surface area contributed by atoms with Gasteiger partial charge in [0.15, 0.2) is 5.78 Å². The van der Waals surface area contributed by atoms with Gasteiger partial charge in [-0.05, 0) is 61.4 Å². The zero-order chi connectivity index (χ0) is 21.9. The van der Waals surface area contributed by atoms with Crippen molar-refractivity contribution in [2.24, 2.45) is 11.8 Å². The van der Waals surface area contributed by atoms with Crippen LogP contribution in [0.25, 0.3) is 11.0 Å². The van der Waals surface area contributed by atoms with Gasteiger partial charge in [-0.1, -0.05) is 38.2 Å². The van der Waals surface area contributed by atoms with E-state index in [0.29, 0.717) is 23.8 Å². The molecule has 2 aromatic rings. The molecule has 3 aliphatic rings. The molecule has 1 aromatic heterocycles. The van der Waals surface area contributed by atoms with E-state index in [9.17, 15) is 9.59 Å². The number of hydrogen-bond donors (Lipinski definition) is 1. The largest absolute Gasteiger partial charge is 0.457 e. The molecule has 33 heavy (non-hydrogen) atoms. The van der Waals surface area contributed by atoms with E-state index in [1.54, 1.807) is 6.07 Å². The first-order valence-corrected chi connectivity index (χ1v) is 12.2. The molecule has 6 nitrogen and oxygen atoms in total. The van der Waals surface area contributed by atoms with E-state index < -0.39 is 5.97 Å². The number of Topliss-reactive ketones (excluding diaryl/α,β-unsaturated/α-hetero) is 1. The van der Waals surface area contributed by atoms with Gasteiger partial charge in [0.2, 0.25) is 5.76 Å². The highest BCUT2D eigenvalue weighted by molar-refractivity contribution is 5.93. The first-order valence-electron chi connectivity index (χ1n) is 12.2. The second-order valence-electron chi connectivity index (χ2n) is 9.64. The Bertz CT molecular complexity index is 961. The Labute approximate surface area is 201 Å². The Hall–Kier alpha value is -1.89. The summed E-state index contributed by atoms with van der Waals surface area (Å²) in [5, 5.41) is 4.30. The Morgan fingerprint density at radius 3 is 2.67 bits per heavy atom. The summed E-state index contributed by atoms with van der Waals surface area (Å²) < 4.78 is 16.5. The Morgan fingerprint density at radius 1 is 1.03 bits per heavy atom. The van der Waals surface area contributed by atoms with Crippen molar-refractivity contribution in [3.8, 4) is 0 Å². The van der Waals surface area contributed by atoms with E-state index in [2.05, 4.69) is 5.32 Å². The molecule has 0 radical (unpaired) electrons. The third kappa shape index (κ3) is 5.61. The molecule has 3 heterocycles. The molecule has 2 aliphatic heterocycles. The van der Waals surface area contributed by atoms with Gasteiger partial charge in [0.05, 0.1) is 12.1 Å². The van der Waals surface area contributed by atoms with E-state index in [1.807, 2.05) is 18.2 Å². The van der Waals surface area contributed by atoms with Crippen molar-refractivity contribution in [3.05, 3.63) is 35.6 Å². The highest BCUT2D eigenvalue weighted by Crippen LogP contribution is 2.36. The normalized spacial score (nSPS) is 25.8. The fourth-order valence-corrected chi connectivity index (χ4v) is 5.78. The van der Waals surface area contributed by atoms with E-state index in [0.717, 1.165) is 43.4 Å². The number of ketones is 1. The minimum atomic E-state index is -0.472. The number of hydrogen-bond acceptors (Lipinski definition) is 6. The molecule has 7 heteroatoms. The van der Waals surface area contributed by atoms with Gasteiger partial charge in [-0.3, -0.25) is 4.79 Å². The predicted molar refractivity (Wildman–Crippen MR) is 128 cm³/mol. The second kappa shape index (κ2) is 11.0. The quantitative estimate of drug-likeness (QED) is 0.576. The van der Waals surface area contributed by atoms with Crippen LogP contribution in [0.3, 0.4) is 0 Å². The van der Waals surface area contributed by atoms with E-state index in [4.69, 9.17) is 13.9 Å². The smallest absolute Gasteiger partial charge is 0.374 e. The maximum absolute atomic E-state index is 13.2. The van der Waals surface area contributed by atoms with Crippen LogP contribution in [-0.2, 0) is 20.7 Å². The summed E-state index contributed by atoms with van der Waals surface area (Å²) in [6, 6.07) is 7.41. The molecule has 1 N–H and O–H groups in total. The molecule has 0 spiro atoms. The van der Waals surface area contributed by atoms with Crippen LogP contribution in [0.5, 0.6) is 0 Å². The fraction of sp³-hybridized carbons (Fsp3) is 0.615. The lowest BCUT2D eigenvalue weighted by Crippen LogP contribution is -2.40. The highest BCUT2D eigenvalue weighted by atomic mass is 35.5. The summed E-state index contributed by atoms with van der Waals surface area (Å²) in [4.78, 5) is 25.5. The zero-order valence-electron chi connectivity index (χ0n) is 19.1. The SMILES string of the molecule is Cl.O=C(OC[C@@H]1CCCO1)c1cc2cc(CC(=O)[C@H]3NCC[C@H]3C3CCCCC3)ccc2o1. The zero-order valence-corrected chi connectivity index (χ0v) is 19.9. The number of carbonyl (C=O) groups excluding carboxylic acids is 2. The number of benzene rings is 1. The number of fused-ring (bicyclic) bond motifs is 1. The van der Waals surface area contributed by atoms with Crippen LogP contribution in [0.4, 0.5) is 0 Å². The van der Waals surface area contributed by atoms with Crippen molar-refractivity contribution in [1.29, 1.82) is 0 Å². The van der Waals surface area contributed by atoms with Crippen molar-refractivity contribution in [2.45, 2.75) is 69.9 Å². The second-order valence-corrected chi connectivity index (χ2v) is 9.64. The summed E-state index contributed by atoms with van der Waals surface area (Å²) in [6.07, 6.45) is 9.90. The van der Waals surface area contributed by atoms with E-state index in [1.165, 1.54) is 32.1 Å². The van der Waals surface area contributed by atoms with Gasteiger partial charge >= 0.3 is 5.97 Å². The summed E-state index contributed by atoms with van der Waals surface area (Å²) in [7, 11) is 0. The van der Waals surface area contributed by atoms with Gasteiger partial charge in [0, 0.05) is 18.4 Å². The Kier molecular flexibility index (Phi) is 8.10. The minimum absolute atomic E-state index is 0. The number of carbonyl (C=O) groups is 2. The summed E-state index contributed by atoms with van der Waals surface area (Å²) >= 11 is 0. The maximum atomic E-state index is 13.2. The van der Waals surface area contributed by atoms with E-state index in [-0.39, 0.29) is 42.7 Å². The molecule has 0 amide bonds. The van der Waals surface area contributed by atoms with Crippen LogP contribution >= 0.6 is 12.4 Å². The fourth-order valence-electron chi connectivity index (χ4n) is 5.78. The Balaban J connectivity index is 0.00000259. The number of rotatable bonds is 7. The molecule has 3 atom stereocenters. The van der Waals surface area contributed by atoms with Gasteiger partial charge in [0.25, 0.3) is 0 Å². The number of nitrogens with one attached hydrogen (secondary N) is 1. The van der Waals surface area contributed by atoms with Crippen molar-refractivity contribution >= 4 is 35.1 Å². The molecule has 0 bridgehead atoms.